The molecule has 0 bridgehead atoms. The molecule has 1 aromatic rings. The van der Waals surface area contributed by atoms with Crippen molar-refractivity contribution >= 4 is 5.97 Å². The molecule has 1 aliphatic carbocycles. The molecule has 2 aliphatic heterocycles. The molecule has 25 heavy (non-hydrogen) atoms. The zero-order valence-corrected chi connectivity index (χ0v) is 14.4. The van der Waals surface area contributed by atoms with Crippen molar-refractivity contribution in [3.05, 3.63) is 48.2 Å². The Kier molecular flexibility index (Phi) is 3.46. The number of carbonyl (C=O) groups excluding carboxylic acids is 1. The van der Waals surface area contributed by atoms with E-state index < -0.39 is 5.60 Å². The Hall–Kier alpha value is -2.95. The second-order valence-corrected chi connectivity index (χ2v) is 7.00. The molecule has 0 saturated carbocycles. The van der Waals surface area contributed by atoms with Crippen molar-refractivity contribution in [2.24, 2.45) is 0 Å². The van der Waals surface area contributed by atoms with Gasteiger partial charge < -0.3 is 19.2 Å². The number of hydrogen-bond donors (Lipinski definition) is 1. The summed E-state index contributed by atoms with van der Waals surface area (Å²) in [5, 5.41) is 0. The minimum atomic E-state index is -0.559. The van der Waals surface area contributed by atoms with Crippen molar-refractivity contribution in [2.75, 3.05) is 6.79 Å². The maximum Gasteiger partial charge on any atom is 0.339 e. The molecule has 0 unspecified atom stereocenters. The molecule has 5 heteroatoms. The van der Waals surface area contributed by atoms with Crippen LogP contribution in [0.2, 0.25) is 0 Å². The molecule has 1 N–H and O–H groups in total. The Labute approximate surface area is 145 Å². The first-order chi connectivity index (χ1) is 11.9. The first kappa shape index (κ1) is 15.6. The molecule has 1 aromatic carbocycles. The number of pyridine rings is 1. The first-order valence-electron chi connectivity index (χ1n) is 8.16. The van der Waals surface area contributed by atoms with E-state index in [1.165, 1.54) is 0 Å². The van der Waals surface area contributed by atoms with E-state index in [1.54, 1.807) is 0 Å². The van der Waals surface area contributed by atoms with E-state index in [0.717, 1.165) is 22.4 Å². The standard InChI is InChI=1S/C20H19NO4/c1-20(2,3)25-19(22)14-10-15-13(5-4-8-21-15)18(14)12-6-7-16-17(9-12)24-11-23-16/h4-10,21H,11H2,1-3H3. The van der Waals surface area contributed by atoms with E-state index >= 15 is 0 Å². The van der Waals surface area contributed by atoms with Crippen molar-refractivity contribution in [3.8, 4) is 33.9 Å². The smallest absolute Gasteiger partial charge is 0.339 e. The highest BCUT2D eigenvalue weighted by Gasteiger charge is 2.27. The summed E-state index contributed by atoms with van der Waals surface area (Å²) in [6.45, 7) is 5.80. The lowest BCUT2D eigenvalue weighted by Crippen LogP contribution is -2.23. The van der Waals surface area contributed by atoms with Gasteiger partial charge in [0.05, 0.1) is 5.56 Å². The number of H-pyrrole nitrogens is 1. The van der Waals surface area contributed by atoms with Crippen LogP contribution < -0.4 is 9.47 Å². The van der Waals surface area contributed by atoms with Gasteiger partial charge in [0.25, 0.3) is 0 Å². The van der Waals surface area contributed by atoms with Crippen LogP contribution in [0.1, 0.15) is 31.1 Å². The van der Waals surface area contributed by atoms with E-state index in [4.69, 9.17) is 14.2 Å². The molecule has 0 saturated heterocycles. The van der Waals surface area contributed by atoms with Gasteiger partial charge in [0.2, 0.25) is 6.79 Å². The molecule has 0 spiro atoms. The van der Waals surface area contributed by atoms with Crippen LogP contribution in [0.15, 0.2) is 42.6 Å². The summed E-state index contributed by atoms with van der Waals surface area (Å²) in [5.41, 5.74) is 3.54. The Balaban J connectivity index is 1.87. The molecule has 4 rings (SSSR count). The number of carbonyl (C=O) groups is 1. The van der Waals surface area contributed by atoms with Crippen LogP contribution in [0.3, 0.4) is 0 Å². The number of ether oxygens (including phenoxy) is 3. The fourth-order valence-electron chi connectivity index (χ4n) is 3.01. The number of benzene rings is 1. The lowest BCUT2D eigenvalue weighted by Gasteiger charge is -2.19. The average molecular weight is 337 g/mol. The summed E-state index contributed by atoms with van der Waals surface area (Å²) < 4.78 is 16.5. The van der Waals surface area contributed by atoms with Crippen LogP contribution in [0, 0.1) is 0 Å². The molecule has 3 aliphatic rings. The van der Waals surface area contributed by atoms with Gasteiger partial charge in [0.15, 0.2) is 11.5 Å². The Bertz CT molecular complexity index is 920. The minimum absolute atomic E-state index is 0.216. The lowest BCUT2D eigenvalue weighted by molar-refractivity contribution is 0.00709. The van der Waals surface area contributed by atoms with E-state index in [-0.39, 0.29) is 12.8 Å². The number of aromatic amines is 1. The Morgan fingerprint density at radius 1 is 1.12 bits per heavy atom. The third-order valence-corrected chi connectivity index (χ3v) is 4.00. The van der Waals surface area contributed by atoms with Gasteiger partial charge in [-0.2, -0.15) is 0 Å². The average Bonchev–Trinajstić information content (AvgIpc) is 3.16. The zero-order chi connectivity index (χ0) is 17.6. The van der Waals surface area contributed by atoms with Crippen molar-refractivity contribution in [1.29, 1.82) is 0 Å². The zero-order valence-electron chi connectivity index (χ0n) is 14.4. The molecule has 0 aromatic heterocycles. The minimum Gasteiger partial charge on any atom is -0.456 e. The Morgan fingerprint density at radius 2 is 1.92 bits per heavy atom. The summed E-state index contributed by atoms with van der Waals surface area (Å²) in [4.78, 5) is 16.0. The fourth-order valence-corrected chi connectivity index (χ4v) is 3.01. The van der Waals surface area contributed by atoms with Gasteiger partial charge in [-0.05, 0) is 50.6 Å². The fraction of sp³-hybridized carbons (Fsp3) is 0.250. The van der Waals surface area contributed by atoms with Gasteiger partial charge in [0, 0.05) is 23.0 Å². The van der Waals surface area contributed by atoms with Gasteiger partial charge in [-0.1, -0.05) is 12.1 Å². The second-order valence-electron chi connectivity index (χ2n) is 7.00. The summed E-state index contributed by atoms with van der Waals surface area (Å²) in [7, 11) is 0. The van der Waals surface area contributed by atoms with Gasteiger partial charge in [-0.25, -0.2) is 4.79 Å². The summed E-state index contributed by atoms with van der Waals surface area (Å²) in [6, 6.07) is 11.4. The topological polar surface area (TPSA) is 60.6 Å². The van der Waals surface area contributed by atoms with Crippen molar-refractivity contribution in [2.45, 2.75) is 26.4 Å². The number of nitrogens with one attached hydrogen (secondary N) is 1. The van der Waals surface area contributed by atoms with Crippen LogP contribution in [0.5, 0.6) is 11.5 Å². The monoisotopic (exact) mass is 337 g/mol. The van der Waals surface area contributed by atoms with Crippen molar-refractivity contribution in [1.82, 2.24) is 4.98 Å². The summed E-state index contributed by atoms with van der Waals surface area (Å²) >= 11 is 0. The van der Waals surface area contributed by atoms with Gasteiger partial charge >= 0.3 is 5.97 Å². The number of rotatable bonds is 2. The van der Waals surface area contributed by atoms with Crippen LogP contribution >= 0.6 is 0 Å². The summed E-state index contributed by atoms with van der Waals surface area (Å²) in [5.74, 6) is 1.05. The van der Waals surface area contributed by atoms with Gasteiger partial charge in [-0.15, -0.1) is 0 Å². The third kappa shape index (κ3) is 2.82. The van der Waals surface area contributed by atoms with E-state index in [1.807, 2.05) is 63.4 Å². The van der Waals surface area contributed by atoms with Crippen LogP contribution in [0.25, 0.3) is 22.4 Å². The number of fused-ring (bicyclic) bond motifs is 2. The highest BCUT2D eigenvalue weighted by Crippen LogP contribution is 2.43. The Morgan fingerprint density at radius 3 is 2.72 bits per heavy atom. The molecule has 0 radical (unpaired) electrons. The molecule has 0 amide bonds. The van der Waals surface area contributed by atoms with E-state index in [2.05, 4.69) is 4.98 Å². The van der Waals surface area contributed by atoms with Crippen molar-refractivity contribution < 1.29 is 19.0 Å². The second kappa shape index (κ2) is 5.55. The van der Waals surface area contributed by atoms with E-state index in [0.29, 0.717) is 17.1 Å². The predicted octanol–water partition coefficient (Wildman–Crippen LogP) is 4.47. The van der Waals surface area contributed by atoms with Gasteiger partial charge in [0.1, 0.15) is 5.60 Å². The molecule has 128 valence electrons. The molecule has 0 fully saturated rings. The normalized spacial score (nSPS) is 13.2. The van der Waals surface area contributed by atoms with Crippen LogP contribution in [-0.4, -0.2) is 23.3 Å². The lowest BCUT2D eigenvalue weighted by atomic mass is 9.99. The molecular weight excluding hydrogens is 318 g/mol. The number of hydrogen-bond acceptors (Lipinski definition) is 4. The van der Waals surface area contributed by atoms with Gasteiger partial charge in [-0.3, -0.25) is 0 Å². The largest absolute Gasteiger partial charge is 0.456 e. The highest BCUT2D eigenvalue weighted by molar-refractivity contribution is 6.05. The number of esters is 1. The van der Waals surface area contributed by atoms with Crippen LogP contribution in [0.4, 0.5) is 0 Å². The SMILES string of the molecule is CC(C)(C)OC(=O)c1cc2[nH]cccc-2c1-c1ccc2c(c1)OCO2. The molecule has 2 heterocycles. The maximum atomic E-state index is 12.8. The maximum absolute atomic E-state index is 12.8. The summed E-state index contributed by atoms with van der Waals surface area (Å²) in [6.07, 6.45) is 1.84. The molecule has 0 atom stereocenters. The van der Waals surface area contributed by atoms with Crippen molar-refractivity contribution in [3.63, 3.8) is 0 Å². The predicted molar refractivity (Wildman–Crippen MR) is 94.1 cm³/mol. The third-order valence-electron chi connectivity index (χ3n) is 4.00. The highest BCUT2D eigenvalue weighted by atomic mass is 16.7. The molecule has 5 nitrogen and oxygen atoms in total. The number of aromatic nitrogens is 1. The molecular formula is C20H19NO4. The van der Waals surface area contributed by atoms with E-state index in [9.17, 15) is 4.79 Å². The quantitative estimate of drug-likeness (QED) is 0.701. The first-order valence-corrected chi connectivity index (χ1v) is 8.16. The van der Waals surface area contributed by atoms with Crippen LogP contribution in [-0.2, 0) is 4.74 Å².